The van der Waals surface area contributed by atoms with Gasteiger partial charge in [0.25, 0.3) is 5.91 Å². The summed E-state index contributed by atoms with van der Waals surface area (Å²) < 4.78 is 0. The van der Waals surface area contributed by atoms with Gasteiger partial charge in [0.1, 0.15) is 0 Å². The van der Waals surface area contributed by atoms with Crippen molar-refractivity contribution in [3.8, 4) is 0 Å². The van der Waals surface area contributed by atoms with Crippen LogP contribution in [0, 0.1) is 5.92 Å². The number of aromatic nitrogens is 1. The van der Waals surface area contributed by atoms with Crippen LogP contribution in [0.15, 0.2) is 23.3 Å². The standard InChI is InChI=1S/C16H16N4O/c1-8-5-6-20-7-11-13-12-9(16(21)19-18-11)3-2-4-10(12)17-14(13)15(8)20/h2-4,8,15,17H,5-7H2,1H3,(H,19,21)/t8-,15?/m0/s1. The van der Waals surface area contributed by atoms with Gasteiger partial charge in [-0.05, 0) is 31.0 Å². The van der Waals surface area contributed by atoms with Crippen LogP contribution in [0.4, 0.5) is 0 Å². The number of nitrogens with one attached hydrogen (secondary N) is 2. The topological polar surface area (TPSA) is 60.5 Å². The predicted octanol–water partition coefficient (Wildman–Crippen LogP) is 2.01. The molecule has 21 heavy (non-hydrogen) atoms. The first kappa shape index (κ1) is 11.5. The van der Waals surface area contributed by atoms with Crippen LogP contribution in [0.2, 0.25) is 0 Å². The highest BCUT2D eigenvalue weighted by Crippen LogP contribution is 2.44. The van der Waals surface area contributed by atoms with Crippen LogP contribution in [-0.2, 0) is 0 Å². The highest BCUT2D eigenvalue weighted by atomic mass is 16.2. The minimum Gasteiger partial charge on any atom is -0.356 e. The Hall–Kier alpha value is -2.14. The van der Waals surface area contributed by atoms with Gasteiger partial charge in [0, 0.05) is 28.7 Å². The third-order valence-electron chi connectivity index (χ3n) is 5.13. The zero-order chi connectivity index (χ0) is 14.1. The molecular formula is C16H16N4O. The lowest BCUT2D eigenvalue weighted by molar-refractivity contribution is 0.0957. The number of benzene rings is 1. The van der Waals surface area contributed by atoms with E-state index in [1.807, 2.05) is 12.1 Å². The average molecular weight is 280 g/mol. The quantitative estimate of drug-likeness (QED) is 0.775. The summed E-state index contributed by atoms with van der Waals surface area (Å²) in [7, 11) is 0. The third kappa shape index (κ3) is 1.34. The second-order valence-electron chi connectivity index (χ2n) is 6.32. The van der Waals surface area contributed by atoms with E-state index in [0.717, 1.165) is 40.8 Å². The molecular weight excluding hydrogens is 264 g/mol. The Morgan fingerprint density at radius 2 is 2.29 bits per heavy atom. The van der Waals surface area contributed by atoms with Gasteiger partial charge in [-0.2, -0.15) is 5.10 Å². The monoisotopic (exact) mass is 280 g/mol. The number of rotatable bonds is 0. The zero-order valence-corrected chi connectivity index (χ0v) is 11.8. The lowest BCUT2D eigenvalue weighted by atomic mass is 9.90. The number of amides is 1. The normalized spacial score (nSPS) is 27.3. The van der Waals surface area contributed by atoms with Crippen molar-refractivity contribution in [2.75, 3.05) is 13.1 Å². The fourth-order valence-electron chi connectivity index (χ4n) is 4.19. The Morgan fingerprint density at radius 1 is 1.38 bits per heavy atom. The number of aromatic amines is 1. The summed E-state index contributed by atoms with van der Waals surface area (Å²) in [5.41, 5.74) is 7.86. The third-order valence-corrected chi connectivity index (χ3v) is 5.13. The van der Waals surface area contributed by atoms with Crippen LogP contribution in [-0.4, -0.2) is 34.6 Å². The molecule has 1 unspecified atom stereocenters. The molecule has 5 nitrogen and oxygen atoms in total. The van der Waals surface area contributed by atoms with Crippen LogP contribution >= 0.6 is 0 Å². The van der Waals surface area contributed by atoms with Crippen molar-refractivity contribution in [1.29, 1.82) is 0 Å². The maximum absolute atomic E-state index is 12.2. The van der Waals surface area contributed by atoms with Crippen molar-refractivity contribution in [3.05, 3.63) is 35.0 Å². The number of carbonyl (C=O) groups excluding carboxylic acids is 1. The second kappa shape index (κ2) is 3.74. The molecule has 5 heteroatoms. The highest BCUT2D eigenvalue weighted by molar-refractivity contribution is 6.21. The average Bonchev–Trinajstić information content (AvgIpc) is 3.00. The van der Waals surface area contributed by atoms with Gasteiger partial charge in [-0.15, -0.1) is 0 Å². The number of nitrogens with zero attached hydrogens (tertiary/aromatic N) is 2. The Bertz CT molecular complexity index is 819. The molecule has 5 rings (SSSR count). The molecule has 0 aliphatic carbocycles. The molecule has 2 aromatic rings. The fraction of sp³-hybridized carbons (Fsp3) is 0.375. The van der Waals surface area contributed by atoms with E-state index in [0.29, 0.717) is 12.0 Å². The van der Waals surface area contributed by atoms with Crippen LogP contribution in [0.3, 0.4) is 0 Å². The Morgan fingerprint density at radius 3 is 3.19 bits per heavy atom. The van der Waals surface area contributed by atoms with Gasteiger partial charge >= 0.3 is 0 Å². The van der Waals surface area contributed by atoms with Crippen LogP contribution in [0.5, 0.6) is 0 Å². The van der Waals surface area contributed by atoms with E-state index in [-0.39, 0.29) is 5.91 Å². The van der Waals surface area contributed by atoms with Gasteiger partial charge in [0.05, 0.1) is 17.3 Å². The minimum absolute atomic E-state index is 0.113. The summed E-state index contributed by atoms with van der Waals surface area (Å²) in [5, 5.41) is 5.43. The van der Waals surface area contributed by atoms with Crippen molar-refractivity contribution >= 4 is 22.5 Å². The van der Waals surface area contributed by atoms with Crippen molar-refractivity contribution < 1.29 is 4.79 Å². The summed E-state index contributed by atoms with van der Waals surface area (Å²) in [6.45, 7) is 4.23. The maximum atomic E-state index is 12.2. The molecule has 1 fully saturated rings. The van der Waals surface area contributed by atoms with E-state index in [1.165, 1.54) is 12.1 Å². The fourth-order valence-corrected chi connectivity index (χ4v) is 4.19. The summed E-state index contributed by atoms with van der Waals surface area (Å²) in [4.78, 5) is 18.3. The molecule has 1 aromatic carbocycles. The van der Waals surface area contributed by atoms with Gasteiger partial charge < -0.3 is 4.98 Å². The zero-order valence-electron chi connectivity index (χ0n) is 11.8. The molecule has 3 aliphatic rings. The summed E-state index contributed by atoms with van der Waals surface area (Å²) in [6.07, 6.45) is 1.21. The summed E-state index contributed by atoms with van der Waals surface area (Å²) in [6, 6.07) is 6.29. The number of H-pyrrole nitrogens is 1. The van der Waals surface area contributed by atoms with Gasteiger partial charge in [0.15, 0.2) is 0 Å². The molecule has 106 valence electrons. The van der Waals surface area contributed by atoms with E-state index in [1.54, 1.807) is 0 Å². The summed E-state index contributed by atoms with van der Waals surface area (Å²) >= 11 is 0. The van der Waals surface area contributed by atoms with Gasteiger partial charge in [0.2, 0.25) is 0 Å². The molecule has 2 atom stereocenters. The number of fused-ring (bicyclic) bond motifs is 2. The number of hydrazone groups is 1. The first-order chi connectivity index (χ1) is 10.2. The van der Waals surface area contributed by atoms with Crippen molar-refractivity contribution in [2.45, 2.75) is 19.4 Å². The molecule has 0 bridgehead atoms. The molecule has 1 aromatic heterocycles. The van der Waals surface area contributed by atoms with Crippen LogP contribution < -0.4 is 5.43 Å². The molecule has 3 aliphatic heterocycles. The second-order valence-corrected chi connectivity index (χ2v) is 6.32. The molecule has 0 spiro atoms. The van der Waals surface area contributed by atoms with E-state index in [9.17, 15) is 4.79 Å². The molecule has 2 N–H and O–H groups in total. The Kier molecular flexibility index (Phi) is 2.05. The van der Waals surface area contributed by atoms with Gasteiger partial charge in [-0.3, -0.25) is 9.69 Å². The molecule has 1 saturated heterocycles. The number of carbonyl (C=O) groups is 1. The Balaban J connectivity index is 1.90. The lowest BCUT2D eigenvalue weighted by Gasteiger charge is -2.32. The largest absolute Gasteiger partial charge is 0.356 e. The predicted molar refractivity (Wildman–Crippen MR) is 80.4 cm³/mol. The van der Waals surface area contributed by atoms with Crippen molar-refractivity contribution in [1.82, 2.24) is 15.3 Å². The molecule has 1 amide bonds. The lowest BCUT2D eigenvalue weighted by Crippen LogP contribution is -2.37. The smallest absolute Gasteiger partial charge is 0.272 e. The van der Waals surface area contributed by atoms with Crippen LogP contribution in [0.25, 0.3) is 10.9 Å². The highest BCUT2D eigenvalue weighted by Gasteiger charge is 2.42. The van der Waals surface area contributed by atoms with E-state index in [4.69, 9.17) is 0 Å². The molecule has 0 saturated carbocycles. The maximum Gasteiger partial charge on any atom is 0.272 e. The van der Waals surface area contributed by atoms with E-state index < -0.39 is 0 Å². The van der Waals surface area contributed by atoms with E-state index >= 15 is 0 Å². The van der Waals surface area contributed by atoms with Gasteiger partial charge in [-0.25, -0.2) is 5.43 Å². The van der Waals surface area contributed by atoms with Crippen LogP contribution in [0.1, 0.15) is 41.0 Å². The first-order valence-electron chi connectivity index (χ1n) is 7.50. The SMILES string of the molecule is C[C@H]1CCN2CC3=NNC(=O)c4cccc5[nH]c(c3c45)C12. The number of hydrogen-bond donors (Lipinski definition) is 2. The first-order valence-corrected chi connectivity index (χ1v) is 7.50. The van der Waals surface area contributed by atoms with Gasteiger partial charge in [-0.1, -0.05) is 13.0 Å². The summed E-state index contributed by atoms with van der Waals surface area (Å²) in [5.74, 6) is 0.517. The minimum atomic E-state index is -0.113. The van der Waals surface area contributed by atoms with E-state index in [2.05, 4.69) is 33.4 Å². The molecule has 0 radical (unpaired) electrons. The molecule has 4 heterocycles. The Labute approximate surface area is 122 Å². The van der Waals surface area contributed by atoms with Crippen molar-refractivity contribution in [3.63, 3.8) is 0 Å². The number of hydrogen-bond acceptors (Lipinski definition) is 3. The van der Waals surface area contributed by atoms with Crippen molar-refractivity contribution in [2.24, 2.45) is 11.0 Å².